The molecule has 14 heavy (non-hydrogen) atoms. The quantitative estimate of drug-likeness (QED) is 0.705. The number of rotatable bonds is 2. The Labute approximate surface area is 90.6 Å². The molecule has 0 N–H and O–H groups in total. The fourth-order valence-corrected chi connectivity index (χ4v) is 2.76. The molecule has 4 heteroatoms. The molecule has 3 atom stereocenters. The number of allylic oxidation sites excluding steroid dienone is 1. The normalized spacial score (nSPS) is 36.1. The summed E-state index contributed by atoms with van der Waals surface area (Å²) in [5.41, 5.74) is 0. The van der Waals surface area contributed by atoms with Crippen LogP contribution in [0.5, 0.6) is 0 Å². The highest BCUT2D eigenvalue weighted by atomic mass is 79.9. The number of ether oxygens (including phenoxy) is 1. The Morgan fingerprint density at radius 1 is 1.50 bits per heavy atom. The number of fused-ring (bicyclic) bond motifs is 2. The van der Waals surface area contributed by atoms with E-state index in [9.17, 15) is 9.59 Å². The first-order valence-corrected chi connectivity index (χ1v) is 5.51. The molecule has 0 aromatic heterocycles. The largest absolute Gasteiger partial charge is 0.377 e. The molecule has 0 saturated heterocycles. The topological polar surface area (TPSA) is 43.4 Å². The van der Waals surface area contributed by atoms with E-state index in [2.05, 4.69) is 15.9 Å². The van der Waals surface area contributed by atoms with Gasteiger partial charge in [-0.15, -0.1) is 0 Å². The summed E-state index contributed by atoms with van der Waals surface area (Å²) >= 11 is 3.32. The fourth-order valence-electron chi connectivity index (χ4n) is 2.09. The number of hydrogen-bond acceptors (Lipinski definition) is 3. The minimum absolute atomic E-state index is 0.100. The van der Waals surface area contributed by atoms with Crippen LogP contribution in [0.1, 0.15) is 13.3 Å². The molecule has 0 spiro atoms. The summed E-state index contributed by atoms with van der Waals surface area (Å²) in [6, 6.07) is 0. The number of halogens is 1. The van der Waals surface area contributed by atoms with Crippen molar-refractivity contribution in [1.29, 1.82) is 0 Å². The van der Waals surface area contributed by atoms with Gasteiger partial charge in [-0.3, -0.25) is 9.59 Å². The SMILES string of the molecule is CCO[C@@H]1C[C@@H]2C(=O)C(=O)[C@@H]1C=C2Br. The zero-order chi connectivity index (χ0) is 10.3. The van der Waals surface area contributed by atoms with Gasteiger partial charge in [0.1, 0.15) is 0 Å². The Kier molecular flexibility index (Phi) is 2.58. The van der Waals surface area contributed by atoms with Crippen molar-refractivity contribution >= 4 is 27.5 Å². The van der Waals surface area contributed by atoms with Crippen molar-refractivity contribution in [2.75, 3.05) is 6.61 Å². The van der Waals surface area contributed by atoms with Gasteiger partial charge in [-0.25, -0.2) is 0 Å². The lowest BCUT2D eigenvalue weighted by Crippen LogP contribution is -2.48. The summed E-state index contributed by atoms with van der Waals surface area (Å²) in [6.45, 7) is 2.48. The Morgan fingerprint density at radius 3 is 2.86 bits per heavy atom. The maximum Gasteiger partial charge on any atom is 0.208 e. The highest BCUT2D eigenvalue weighted by Gasteiger charge is 2.47. The number of Topliss-reactive ketones (excluding diaryl/α,β-unsaturated/α-hetero) is 2. The van der Waals surface area contributed by atoms with E-state index in [0.29, 0.717) is 13.0 Å². The van der Waals surface area contributed by atoms with E-state index in [0.717, 1.165) is 4.48 Å². The summed E-state index contributed by atoms with van der Waals surface area (Å²) in [6.07, 6.45) is 2.36. The first-order valence-electron chi connectivity index (χ1n) is 4.72. The predicted molar refractivity (Wildman–Crippen MR) is 54.0 cm³/mol. The summed E-state index contributed by atoms with van der Waals surface area (Å²) in [7, 11) is 0. The van der Waals surface area contributed by atoms with Gasteiger partial charge in [-0.2, -0.15) is 0 Å². The molecular formula is C10H11BrO3. The Hall–Kier alpha value is -0.480. The molecule has 1 fully saturated rings. The number of ketones is 2. The van der Waals surface area contributed by atoms with Crippen LogP contribution in [-0.2, 0) is 14.3 Å². The van der Waals surface area contributed by atoms with Gasteiger partial charge in [0.05, 0.1) is 17.9 Å². The van der Waals surface area contributed by atoms with E-state index in [1.165, 1.54) is 0 Å². The van der Waals surface area contributed by atoms with Gasteiger partial charge in [0.2, 0.25) is 11.6 Å². The minimum Gasteiger partial charge on any atom is -0.377 e. The monoisotopic (exact) mass is 258 g/mol. The van der Waals surface area contributed by atoms with Crippen molar-refractivity contribution in [2.45, 2.75) is 19.4 Å². The summed E-state index contributed by atoms with van der Waals surface area (Å²) in [4.78, 5) is 23.0. The molecule has 3 aliphatic rings. The molecule has 0 aromatic rings. The van der Waals surface area contributed by atoms with Gasteiger partial charge in [0, 0.05) is 11.1 Å². The average Bonchev–Trinajstić information content (AvgIpc) is 2.16. The van der Waals surface area contributed by atoms with Crippen molar-refractivity contribution in [3.05, 3.63) is 10.6 Å². The van der Waals surface area contributed by atoms with E-state index in [4.69, 9.17) is 4.74 Å². The predicted octanol–water partition coefficient (Wildman–Crippen LogP) is 1.46. The lowest BCUT2D eigenvalue weighted by atomic mass is 9.72. The van der Waals surface area contributed by atoms with Gasteiger partial charge in [-0.1, -0.05) is 22.0 Å². The third-order valence-corrected chi connectivity index (χ3v) is 3.60. The van der Waals surface area contributed by atoms with Crippen LogP contribution in [0, 0.1) is 11.8 Å². The Morgan fingerprint density at radius 2 is 2.21 bits per heavy atom. The van der Waals surface area contributed by atoms with E-state index >= 15 is 0 Å². The first kappa shape index (κ1) is 10.1. The smallest absolute Gasteiger partial charge is 0.208 e. The van der Waals surface area contributed by atoms with Crippen LogP contribution in [0.25, 0.3) is 0 Å². The zero-order valence-electron chi connectivity index (χ0n) is 7.83. The second-order valence-electron chi connectivity index (χ2n) is 3.59. The standard InChI is InChI=1S/C10H11BrO3/c1-2-14-8-4-5-7(11)3-6(8)10(13)9(5)12/h3,5-6,8H,2,4H2,1H3/t5-,6+,8+/m0/s1. The van der Waals surface area contributed by atoms with Crippen molar-refractivity contribution < 1.29 is 14.3 Å². The van der Waals surface area contributed by atoms with Gasteiger partial charge in [0.25, 0.3) is 0 Å². The molecule has 0 aliphatic heterocycles. The molecule has 0 amide bonds. The zero-order valence-corrected chi connectivity index (χ0v) is 9.41. The van der Waals surface area contributed by atoms with Gasteiger partial charge >= 0.3 is 0 Å². The van der Waals surface area contributed by atoms with Gasteiger partial charge in [-0.05, 0) is 13.3 Å². The second kappa shape index (κ2) is 3.59. The molecular weight excluding hydrogens is 248 g/mol. The van der Waals surface area contributed by atoms with Crippen LogP contribution in [0.3, 0.4) is 0 Å². The van der Waals surface area contributed by atoms with Crippen molar-refractivity contribution in [3.63, 3.8) is 0 Å². The Balaban J connectivity index is 2.28. The van der Waals surface area contributed by atoms with Crippen molar-refractivity contribution in [1.82, 2.24) is 0 Å². The van der Waals surface area contributed by atoms with Crippen LogP contribution < -0.4 is 0 Å². The molecule has 3 aliphatic carbocycles. The van der Waals surface area contributed by atoms with Crippen molar-refractivity contribution in [2.24, 2.45) is 11.8 Å². The van der Waals surface area contributed by atoms with Crippen LogP contribution in [0.15, 0.2) is 10.6 Å². The summed E-state index contributed by atoms with van der Waals surface area (Å²) < 4.78 is 6.30. The van der Waals surface area contributed by atoms with Crippen LogP contribution in [0.2, 0.25) is 0 Å². The molecule has 3 rings (SSSR count). The number of carbonyl (C=O) groups excluding carboxylic acids is 2. The highest BCUT2D eigenvalue weighted by molar-refractivity contribution is 9.11. The molecule has 0 aromatic carbocycles. The van der Waals surface area contributed by atoms with Crippen molar-refractivity contribution in [3.8, 4) is 0 Å². The molecule has 76 valence electrons. The molecule has 0 radical (unpaired) electrons. The lowest BCUT2D eigenvalue weighted by molar-refractivity contribution is -0.148. The van der Waals surface area contributed by atoms with E-state index in [1.54, 1.807) is 0 Å². The van der Waals surface area contributed by atoms with Gasteiger partial charge in [0.15, 0.2) is 0 Å². The summed E-state index contributed by atoms with van der Waals surface area (Å²) in [5, 5.41) is 0. The molecule has 3 nitrogen and oxygen atoms in total. The fraction of sp³-hybridized carbons (Fsp3) is 0.600. The maximum absolute atomic E-state index is 11.5. The number of carbonyl (C=O) groups is 2. The van der Waals surface area contributed by atoms with E-state index in [1.807, 2.05) is 13.0 Å². The van der Waals surface area contributed by atoms with E-state index in [-0.39, 0.29) is 29.5 Å². The third-order valence-electron chi connectivity index (χ3n) is 2.78. The van der Waals surface area contributed by atoms with Crippen LogP contribution >= 0.6 is 15.9 Å². The molecule has 2 bridgehead atoms. The highest BCUT2D eigenvalue weighted by Crippen LogP contribution is 2.40. The second-order valence-corrected chi connectivity index (χ2v) is 4.50. The maximum atomic E-state index is 11.5. The van der Waals surface area contributed by atoms with E-state index < -0.39 is 0 Å². The van der Waals surface area contributed by atoms with Crippen LogP contribution in [0.4, 0.5) is 0 Å². The summed E-state index contributed by atoms with van der Waals surface area (Å²) in [5.74, 6) is -1.20. The third kappa shape index (κ3) is 1.37. The first-order chi connectivity index (χ1) is 6.65. The Bertz CT molecular complexity index is 321. The van der Waals surface area contributed by atoms with Gasteiger partial charge < -0.3 is 4.74 Å². The lowest BCUT2D eigenvalue weighted by Gasteiger charge is -2.37. The average molecular weight is 259 g/mol. The minimum atomic E-state index is -0.359. The molecule has 1 saturated carbocycles. The number of hydrogen-bond donors (Lipinski definition) is 0. The molecule has 0 heterocycles. The van der Waals surface area contributed by atoms with Crippen LogP contribution in [-0.4, -0.2) is 24.3 Å². The molecule has 0 unspecified atom stereocenters.